The predicted octanol–water partition coefficient (Wildman–Crippen LogP) is 2.50. The molecular formula is C10H13BrClNO2S. The molecule has 0 saturated carbocycles. The molecule has 0 aliphatic heterocycles. The second-order valence-electron chi connectivity index (χ2n) is 3.27. The highest BCUT2D eigenvalue weighted by atomic mass is 79.9. The van der Waals surface area contributed by atoms with Crippen LogP contribution in [-0.2, 0) is 16.6 Å². The van der Waals surface area contributed by atoms with E-state index in [9.17, 15) is 8.42 Å². The van der Waals surface area contributed by atoms with Crippen molar-refractivity contribution >= 4 is 37.6 Å². The van der Waals surface area contributed by atoms with Crippen LogP contribution in [0.2, 0.25) is 0 Å². The van der Waals surface area contributed by atoms with E-state index in [1.807, 2.05) is 24.3 Å². The molecule has 0 unspecified atom stereocenters. The van der Waals surface area contributed by atoms with Gasteiger partial charge in [-0.05, 0) is 18.1 Å². The molecule has 0 bridgehead atoms. The van der Waals surface area contributed by atoms with Crippen LogP contribution in [0.1, 0.15) is 12.0 Å². The van der Waals surface area contributed by atoms with E-state index in [1.54, 1.807) is 0 Å². The lowest BCUT2D eigenvalue weighted by atomic mass is 10.2. The summed E-state index contributed by atoms with van der Waals surface area (Å²) in [5.41, 5.74) is 0.914. The Balaban J connectivity index is 2.55. The molecule has 1 N–H and O–H groups in total. The predicted molar refractivity (Wildman–Crippen MR) is 70.1 cm³/mol. The molecule has 16 heavy (non-hydrogen) atoms. The number of sulfonamides is 1. The van der Waals surface area contributed by atoms with Crippen molar-refractivity contribution in [3.63, 3.8) is 0 Å². The van der Waals surface area contributed by atoms with Crippen LogP contribution in [0.4, 0.5) is 0 Å². The molecule has 0 aliphatic carbocycles. The van der Waals surface area contributed by atoms with Gasteiger partial charge in [-0.15, -0.1) is 11.6 Å². The molecule has 0 saturated heterocycles. The Bertz CT molecular complexity index is 436. The minimum atomic E-state index is -3.21. The first-order valence-corrected chi connectivity index (χ1v) is 7.80. The SMILES string of the molecule is O=S(=O)(CCCCl)NCc1ccccc1Br. The number of hydrogen-bond donors (Lipinski definition) is 1. The van der Waals surface area contributed by atoms with E-state index < -0.39 is 10.0 Å². The van der Waals surface area contributed by atoms with Crippen LogP contribution >= 0.6 is 27.5 Å². The van der Waals surface area contributed by atoms with Gasteiger partial charge in [-0.2, -0.15) is 0 Å². The summed E-state index contributed by atoms with van der Waals surface area (Å²) >= 11 is 8.81. The van der Waals surface area contributed by atoms with Crippen molar-refractivity contribution in [1.82, 2.24) is 4.72 Å². The minimum Gasteiger partial charge on any atom is -0.212 e. The fraction of sp³-hybridized carbons (Fsp3) is 0.400. The van der Waals surface area contributed by atoms with Crippen molar-refractivity contribution < 1.29 is 8.42 Å². The Labute approximate surface area is 109 Å². The van der Waals surface area contributed by atoms with Crippen molar-refractivity contribution in [3.8, 4) is 0 Å². The summed E-state index contributed by atoms with van der Waals surface area (Å²) in [6.07, 6.45) is 0.465. The van der Waals surface area contributed by atoms with E-state index in [4.69, 9.17) is 11.6 Å². The number of benzene rings is 1. The molecule has 0 aliphatic rings. The summed E-state index contributed by atoms with van der Waals surface area (Å²) < 4.78 is 26.4. The highest BCUT2D eigenvalue weighted by molar-refractivity contribution is 9.10. The van der Waals surface area contributed by atoms with Crippen LogP contribution in [0, 0.1) is 0 Å². The second kappa shape index (κ2) is 6.59. The maximum atomic E-state index is 11.5. The van der Waals surface area contributed by atoms with Crippen LogP contribution in [-0.4, -0.2) is 20.1 Å². The zero-order valence-corrected chi connectivity index (χ0v) is 11.8. The van der Waals surface area contributed by atoms with Gasteiger partial charge in [0.05, 0.1) is 5.75 Å². The first-order chi connectivity index (χ1) is 7.55. The summed E-state index contributed by atoms with van der Waals surface area (Å²) in [6, 6.07) is 7.50. The number of halogens is 2. The number of hydrogen-bond acceptors (Lipinski definition) is 2. The largest absolute Gasteiger partial charge is 0.212 e. The fourth-order valence-electron chi connectivity index (χ4n) is 1.15. The van der Waals surface area contributed by atoms with E-state index in [0.29, 0.717) is 18.8 Å². The third kappa shape index (κ3) is 4.82. The second-order valence-corrected chi connectivity index (χ2v) is 6.43. The van der Waals surface area contributed by atoms with Crippen LogP contribution < -0.4 is 4.72 Å². The van der Waals surface area contributed by atoms with E-state index in [2.05, 4.69) is 20.7 Å². The Morgan fingerprint density at radius 1 is 1.31 bits per heavy atom. The number of nitrogens with one attached hydrogen (secondary N) is 1. The molecule has 0 aromatic heterocycles. The van der Waals surface area contributed by atoms with Gasteiger partial charge in [0.1, 0.15) is 0 Å². The minimum absolute atomic E-state index is 0.0704. The van der Waals surface area contributed by atoms with Gasteiger partial charge in [0, 0.05) is 16.9 Å². The molecule has 1 rings (SSSR count). The average Bonchev–Trinajstić information content (AvgIpc) is 2.26. The highest BCUT2D eigenvalue weighted by Gasteiger charge is 2.09. The van der Waals surface area contributed by atoms with Crippen molar-refractivity contribution in [3.05, 3.63) is 34.3 Å². The molecule has 1 aromatic carbocycles. The molecule has 0 fully saturated rings. The summed E-state index contributed by atoms with van der Waals surface area (Å²) in [4.78, 5) is 0. The summed E-state index contributed by atoms with van der Waals surface area (Å²) in [6.45, 7) is 0.298. The molecule has 0 radical (unpaired) electrons. The van der Waals surface area contributed by atoms with Gasteiger partial charge < -0.3 is 0 Å². The van der Waals surface area contributed by atoms with Crippen LogP contribution in [0.15, 0.2) is 28.7 Å². The molecule has 0 spiro atoms. The maximum absolute atomic E-state index is 11.5. The Kier molecular flexibility index (Phi) is 5.75. The molecule has 0 amide bonds. The van der Waals surface area contributed by atoms with Crippen molar-refractivity contribution in [2.45, 2.75) is 13.0 Å². The van der Waals surface area contributed by atoms with Crippen molar-refractivity contribution in [1.29, 1.82) is 0 Å². The lowest BCUT2D eigenvalue weighted by Gasteiger charge is -2.07. The van der Waals surface area contributed by atoms with Gasteiger partial charge in [0.2, 0.25) is 10.0 Å². The quantitative estimate of drug-likeness (QED) is 0.816. The first-order valence-electron chi connectivity index (χ1n) is 4.82. The van der Waals surface area contributed by atoms with Crippen LogP contribution in [0.5, 0.6) is 0 Å². The lowest BCUT2D eigenvalue weighted by molar-refractivity contribution is 0.580. The van der Waals surface area contributed by atoms with Gasteiger partial charge in [-0.3, -0.25) is 0 Å². The average molecular weight is 327 g/mol. The third-order valence-electron chi connectivity index (χ3n) is 1.99. The summed E-state index contributed by atoms with van der Waals surface area (Å²) in [5, 5.41) is 0. The van der Waals surface area contributed by atoms with E-state index in [-0.39, 0.29) is 5.75 Å². The zero-order chi connectivity index (χ0) is 12.0. The third-order valence-corrected chi connectivity index (χ3v) is 4.44. The zero-order valence-electron chi connectivity index (χ0n) is 8.62. The summed E-state index contributed by atoms with van der Waals surface area (Å²) in [5.74, 6) is 0.427. The van der Waals surface area contributed by atoms with Gasteiger partial charge in [0.15, 0.2) is 0 Å². The molecule has 1 aromatic rings. The van der Waals surface area contributed by atoms with Gasteiger partial charge in [0.25, 0.3) is 0 Å². The van der Waals surface area contributed by atoms with Gasteiger partial charge in [-0.1, -0.05) is 34.1 Å². The molecule has 0 heterocycles. The fourth-order valence-corrected chi connectivity index (χ4v) is 2.91. The van der Waals surface area contributed by atoms with Crippen molar-refractivity contribution in [2.75, 3.05) is 11.6 Å². The Morgan fingerprint density at radius 3 is 2.62 bits per heavy atom. The normalized spacial score (nSPS) is 11.6. The van der Waals surface area contributed by atoms with Crippen molar-refractivity contribution in [2.24, 2.45) is 0 Å². The maximum Gasteiger partial charge on any atom is 0.211 e. The Hall–Kier alpha value is -0.100. The molecular weight excluding hydrogens is 314 g/mol. The lowest BCUT2D eigenvalue weighted by Crippen LogP contribution is -2.26. The standard InChI is InChI=1S/C10H13BrClNO2S/c11-10-5-2-1-4-9(10)8-13-16(14,15)7-3-6-12/h1-2,4-5,13H,3,6-8H2. The Morgan fingerprint density at radius 2 is 2.00 bits per heavy atom. The van der Waals surface area contributed by atoms with Crippen LogP contribution in [0.25, 0.3) is 0 Å². The van der Waals surface area contributed by atoms with Crippen LogP contribution in [0.3, 0.4) is 0 Å². The number of rotatable bonds is 6. The monoisotopic (exact) mass is 325 g/mol. The molecule has 0 atom stereocenters. The van der Waals surface area contributed by atoms with E-state index in [0.717, 1.165) is 10.0 Å². The smallest absolute Gasteiger partial charge is 0.211 e. The van der Waals surface area contributed by atoms with Gasteiger partial charge in [-0.25, -0.2) is 13.1 Å². The molecule has 6 heteroatoms. The van der Waals surface area contributed by atoms with E-state index >= 15 is 0 Å². The topological polar surface area (TPSA) is 46.2 Å². The number of alkyl halides is 1. The molecule has 3 nitrogen and oxygen atoms in total. The first kappa shape index (κ1) is 14.0. The summed E-state index contributed by atoms with van der Waals surface area (Å²) in [7, 11) is -3.21. The highest BCUT2D eigenvalue weighted by Crippen LogP contribution is 2.15. The van der Waals surface area contributed by atoms with E-state index in [1.165, 1.54) is 0 Å². The van der Waals surface area contributed by atoms with Gasteiger partial charge >= 0.3 is 0 Å². The molecule has 90 valence electrons.